The van der Waals surface area contributed by atoms with Crippen LogP contribution in [-0.4, -0.2) is 29.3 Å². The van der Waals surface area contributed by atoms with Crippen LogP contribution in [0.3, 0.4) is 0 Å². The van der Waals surface area contributed by atoms with Crippen LogP contribution < -0.4 is 5.32 Å². The number of methoxy groups -OCH3 is 1. The average molecular weight is 259 g/mol. The molecule has 19 heavy (non-hydrogen) atoms. The third-order valence-electron chi connectivity index (χ3n) is 3.06. The summed E-state index contributed by atoms with van der Waals surface area (Å²) in [5.74, 6) is 0.852. The Kier molecular flexibility index (Phi) is 4.58. The van der Waals surface area contributed by atoms with E-state index < -0.39 is 0 Å². The summed E-state index contributed by atoms with van der Waals surface area (Å²) in [6.07, 6.45) is 4.80. The van der Waals surface area contributed by atoms with Crippen LogP contribution in [0.25, 0.3) is 5.69 Å². The summed E-state index contributed by atoms with van der Waals surface area (Å²) in [6, 6.07) is 8.61. The molecule has 1 aromatic carbocycles. The number of imidazole rings is 1. The summed E-state index contributed by atoms with van der Waals surface area (Å²) in [4.78, 5) is 4.39. The topological polar surface area (TPSA) is 39.1 Å². The smallest absolute Gasteiger partial charge is 0.207 e. The molecular formula is C15H21N3O. The molecule has 1 aromatic heterocycles. The molecule has 0 radical (unpaired) electrons. The molecule has 0 fully saturated rings. The van der Waals surface area contributed by atoms with Gasteiger partial charge in [0, 0.05) is 25.5 Å². The predicted molar refractivity (Wildman–Crippen MR) is 77.9 cm³/mol. The third-order valence-corrected chi connectivity index (χ3v) is 3.06. The number of anilines is 1. The highest BCUT2D eigenvalue weighted by atomic mass is 16.5. The first-order valence-corrected chi connectivity index (χ1v) is 6.63. The highest BCUT2D eigenvalue weighted by Gasteiger charge is 2.10. The highest BCUT2D eigenvalue weighted by Crippen LogP contribution is 2.19. The number of para-hydroxylation sites is 1. The minimum Gasteiger partial charge on any atom is -0.383 e. The normalized spacial score (nSPS) is 12.4. The fourth-order valence-electron chi connectivity index (χ4n) is 2.16. The van der Waals surface area contributed by atoms with E-state index in [9.17, 15) is 0 Å². The van der Waals surface area contributed by atoms with Crippen molar-refractivity contribution in [3.8, 4) is 5.69 Å². The standard InChI is InChI=1S/C15H21N3O/c1-4-13-7-5-6-8-14(13)18-10-9-16-15(18)17-12(2)11-19-3/h5-10,12H,4,11H2,1-3H3,(H,16,17). The molecule has 0 spiro atoms. The number of aryl methyl sites for hydroxylation is 1. The van der Waals surface area contributed by atoms with Gasteiger partial charge < -0.3 is 10.1 Å². The molecule has 2 aromatic rings. The van der Waals surface area contributed by atoms with Crippen molar-refractivity contribution in [3.63, 3.8) is 0 Å². The van der Waals surface area contributed by atoms with Gasteiger partial charge in [0.25, 0.3) is 0 Å². The van der Waals surface area contributed by atoms with Gasteiger partial charge in [-0.2, -0.15) is 0 Å². The fraction of sp³-hybridized carbons (Fsp3) is 0.400. The molecule has 0 bridgehead atoms. The second-order valence-electron chi connectivity index (χ2n) is 4.60. The minimum atomic E-state index is 0.222. The SMILES string of the molecule is CCc1ccccc1-n1ccnc1NC(C)COC. The lowest BCUT2D eigenvalue weighted by Gasteiger charge is -2.16. The zero-order chi connectivity index (χ0) is 13.7. The molecule has 0 aliphatic heterocycles. The zero-order valence-corrected chi connectivity index (χ0v) is 11.8. The second kappa shape index (κ2) is 6.38. The number of hydrogen-bond acceptors (Lipinski definition) is 3. The van der Waals surface area contributed by atoms with E-state index >= 15 is 0 Å². The maximum Gasteiger partial charge on any atom is 0.207 e. The van der Waals surface area contributed by atoms with Crippen molar-refractivity contribution >= 4 is 5.95 Å². The fourth-order valence-corrected chi connectivity index (χ4v) is 2.16. The van der Waals surface area contributed by atoms with Gasteiger partial charge in [-0.1, -0.05) is 25.1 Å². The van der Waals surface area contributed by atoms with Crippen LogP contribution in [-0.2, 0) is 11.2 Å². The molecule has 1 heterocycles. The maximum absolute atomic E-state index is 5.14. The van der Waals surface area contributed by atoms with Gasteiger partial charge in [0.15, 0.2) is 0 Å². The van der Waals surface area contributed by atoms with Crippen molar-refractivity contribution in [2.45, 2.75) is 26.3 Å². The van der Waals surface area contributed by atoms with Crippen molar-refractivity contribution in [1.82, 2.24) is 9.55 Å². The number of hydrogen-bond donors (Lipinski definition) is 1. The van der Waals surface area contributed by atoms with Gasteiger partial charge in [-0.3, -0.25) is 4.57 Å². The summed E-state index contributed by atoms with van der Waals surface area (Å²) in [5, 5.41) is 3.37. The van der Waals surface area contributed by atoms with Crippen LogP contribution in [0.15, 0.2) is 36.7 Å². The van der Waals surface area contributed by atoms with E-state index in [-0.39, 0.29) is 6.04 Å². The van der Waals surface area contributed by atoms with Crippen LogP contribution in [0.4, 0.5) is 5.95 Å². The Morgan fingerprint density at radius 1 is 1.37 bits per heavy atom. The first-order valence-electron chi connectivity index (χ1n) is 6.63. The van der Waals surface area contributed by atoms with Gasteiger partial charge in [-0.15, -0.1) is 0 Å². The summed E-state index contributed by atoms with van der Waals surface area (Å²) in [6.45, 7) is 4.90. The number of benzene rings is 1. The summed E-state index contributed by atoms with van der Waals surface area (Å²) < 4.78 is 7.23. The first kappa shape index (κ1) is 13.6. The lowest BCUT2D eigenvalue weighted by molar-refractivity contribution is 0.190. The molecule has 4 heteroatoms. The van der Waals surface area contributed by atoms with E-state index in [2.05, 4.69) is 53.0 Å². The zero-order valence-electron chi connectivity index (χ0n) is 11.8. The molecule has 1 atom stereocenters. The van der Waals surface area contributed by atoms with Crippen molar-refractivity contribution < 1.29 is 4.74 Å². The Morgan fingerprint density at radius 2 is 2.16 bits per heavy atom. The van der Waals surface area contributed by atoms with Gasteiger partial charge in [0.2, 0.25) is 5.95 Å². The van der Waals surface area contributed by atoms with Crippen LogP contribution in [0, 0.1) is 0 Å². The molecule has 102 valence electrons. The largest absolute Gasteiger partial charge is 0.383 e. The Labute approximate surface area is 114 Å². The van der Waals surface area contributed by atoms with E-state index in [0.29, 0.717) is 6.61 Å². The highest BCUT2D eigenvalue weighted by molar-refractivity contribution is 5.47. The number of ether oxygens (including phenoxy) is 1. The number of rotatable bonds is 6. The quantitative estimate of drug-likeness (QED) is 0.867. The van der Waals surface area contributed by atoms with Crippen LogP contribution >= 0.6 is 0 Å². The van der Waals surface area contributed by atoms with E-state index in [1.807, 2.05) is 12.4 Å². The van der Waals surface area contributed by atoms with E-state index in [1.165, 1.54) is 11.3 Å². The van der Waals surface area contributed by atoms with Gasteiger partial charge in [0.1, 0.15) is 0 Å². The van der Waals surface area contributed by atoms with Crippen molar-refractivity contribution in [1.29, 1.82) is 0 Å². The monoisotopic (exact) mass is 259 g/mol. The van der Waals surface area contributed by atoms with Crippen molar-refractivity contribution in [2.24, 2.45) is 0 Å². The van der Waals surface area contributed by atoms with Crippen LogP contribution in [0.5, 0.6) is 0 Å². The lowest BCUT2D eigenvalue weighted by atomic mass is 10.1. The van der Waals surface area contributed by atoms with E-state index in [1.54, 1.807) is 7.11 Å². The lowest BCUT2D eigenvalue weighted by Crippen LogP contribution is -2.23. The van der Waals surface area contributed by atoms with Crippen LogP contribution in [0.1, 0.15) is 19.4 Å². The third kappa shape index (κ3) is 3.15. The number of aromatic nitrogens is 2. The van der Waals surface area contributed by atoms with E-state index in [0.717, 1.165) is 12.4 Å². The van der Waals surface area contributed by atoms with E-state index in [4.69, 9.17) is 4.74 Å². The Morgan fingerprint density at radius 3 is 2.89 bits per heavy atom. The molecule has 1 unspecified atom stereocenters. The van der Waals surface area contributed by atoms with Crippen molar-refractivity contribution in [3.05, 3.63) is 42.2 Å². The van der Waals surface area contributed by atoms with Crippen LogP contribution in [0.2, 0.25) is 0 Å². The predicted octanol–water partition coefficient (Wildman–Crippen LogP) is 2.88. The molecule has 2 rings (SSSR count). The Hall–Kier alpha value is -1.81. The summed E-state index contributed by atoms with van der Waals surface area (Å²) in [5.41, 5.74) is 2.48. The summed E-state index contributed by atoms with van der Waals surface area (Å²) >= 11 is 0. The second-order valence-corrected chi connectivity index (χ2v) is 4.60. The molecular weight excluding hydrogens is 238 g/mol. The summed E-state index contributed by atoms with van der Waals surface area (Å²) in [7, 11) is 1.71. The number of nitrogens with one attached hydrogen (secondary N) is 1. The van der Waals surface area contributed by atoms with Crippen molar-refractivity contribution in [2.75, 3.05) is 19.0 Å². The molecule has 0 saturated heterocycles. The van der Waals surface area contributed by atoms with Gasteiger partial charge in [-0.05, 0) is 25.0 Å². The first-order chi connectivity index (χ1) is 9.26. The molecule has 0 amide bonds. The molecule has 0 aliphatic carbocycles. The molecule has 4 nitrogen and oxygen atoms in total. The Bertz CT molecular complexity index is 522. The van der Waals surface area contributed by atoms with Gasteiger partial charge >= 0.3 is 0 Å². The number of nitrogens with zero attached hydrogens (tertiary/aromatic N) is 2. The molecule has 0 saturated carbocycles. The molecule has 0 aliphatic rings. The maximum atomic E-state index is 5.14. The average Bonchev–Trinajstić information content (AvgIpc) is 2.86. The molecule has 1 N–H and O–H groups in total. The minimum absolute atomic E-state index is 0.222. The Balaban J connectivity index is 2.28. The van der Waals surface area contributed by atoms with Gasteiger partial charge in [0.05, 0.1) is 12.3 Å². The van der Waals surface area contributed by atoms with Gasteiger partial charge in [-0.25, -0.2) is 4.98 Å².